The normalized spacial score (nSPS) is 34.0. The summed E-state index contributed by atoms with van der Waals surface area (Å²) in [5, 5.41) is 3.11. The molecule has 1 heterocycles. The molecule has 20 heavy (non-hydrogen) atoms. The molecule has 2 aliphatic rings. The Kier molecular flexibility index (Phi) is 5.27. The third kappa shape index (κ3) is 3.26. The van der Waals surface area contributed by atoms with E-state index in [1.807, 2.05) is 11.8 Å². The average molecular weight is 283 g/mol. The van der Waals surface area contributed by atoms with Crippen molar-refractivity contribution in [3.05, 3.63) is 0 Å². The van der Waals surface area contributed by atoms with Crippen LogP contribution in [0, 0.1) is 5.92 Å². The molecule has 3 N–H and O–H groups in total. The van der Waals surface area contributed by atoms with Crippen LogP contribution < -0.4 is 11.1 Å². The van der Waals surface area contributed by atoms with Gasteiger partial charge in [-0.2, -0.15) is 0 Å². The minimum Gasteiger partial charge on any atom is -0.379 e. The lowest BCUT2D eigenvalue weighted by Crippen LogP contribution is -2.61. The first-order chi connectivity index (χ1) is 9.61. The highest BCUT2D eigenvalue weighted by Gasteiger charge is 2.41. The maximum atomic E-state index is 12.6. The van der Waals surface area contributed by atoms with Crippen molar-refractivity contribution >= 4 is 6.03 Å². The fourth-order valence-corrected chi connectivity index (χ4v) is 3.77. The van der Waals surface area contributed by atoms with Crippen LogP contribution in [-0.2, 0) is 4.74 Å². The lowest BCUT2D eigenvalue weighted by molar-refractivity contribution is 0.0678. The molecule has 0 bridgehead atoms. The molecule has 0 aromatic carbocycles. The first kappa shape index (κ1) is 15.6. The average Bonchev–Trinajstić information content (AvgIpc) is 2.92. The minimum absolute atomic E-state index is 0.0301. The Hall–Kier alpha value is -0.810. The number of urea groups is 1. The van der Waals surface area contributed by atoms with Crippen molar-refractivity contribution in [2.75, 3.05) is 26.3 Å². The van der Waals surface area contributed by atoms with Gasteiger partial charge in [0.05, 0.1) is 18.2 Å². The number of likely N-dealkylation sites (N-methyl/N-ethyl adjacent to an activating group) is 1. The van der Waals surface area contributed by atoms with Crippen molar-refractivity contribution in [1.82, 2.24) is 10.2 Å². The second-order valence-electron chi connectivity index (χ2n) is 6.38. The molecule has 2 amide bonds. The Bertz CT molecular complexity index is 331. The van der Waals surface area contributed by atoms with Crippen LogP contribution in [0.3, 0.4) is 0 Å². The van der Waals surface area contributed by atoms with Crippen LogP contribution in [0.2, 0.25) is 0 Å². The van der Waals surface area contributed by atoms with Crippen molar-refractivity contribution in [2.45, 2.75) is 57.5 Å². The molecule has 1 aliphatic carbocycles. The fraction of sp³-hybridized carbons (Fsp3) is 0.933. The van der Waals surface area contributed by atoms with E-state index in [2.05, 4.69) is 12.2 Å². The van der Waals surface area contributed by atoms with Crippen molar-refractivity contribution < 1.29 is 9.53 Å². The fourth-order valence-electron chi connectivity index (χ4n) is 3.77. The maximum absolute atomic E-state index is 12.6. The molecule has 1 saturated carbocycles. The highest BCUT2D eigenvalue weighted by molar-refractivity contribution is 5.75. The molecule has 116 valence electrons. The zero-order valence-corrected chi connectivity index (χ0v) is 12.9. The summed E-state index contributed by atoms with van der Waals surface area (Å²) in [5.41, 5.74) is 5.92. The van der Waals surface area contributed by atoms with Gasteiger partial charge in [-0.25, -0.2) is 4.79 Å². The van der Waals surface area contributed by atoms with E-state index in [0.717, 1.165) is 32.3 Å². The number of nitrogens with one attached hydrogen (secondary N) is 1. The Morgan fingerprint density at radius 2 is 2.30 bits per heavy atom. The van der Waals surface area contributed by atoms with Gasteiger partial charge >= 0.3 is 6.03 Å². The molecule has 3 atom stereocenters. The Labute approximate surface area is 122 Å². The molecule has 0 aromatic heterocycles. The number of rotatable bonds is 4. The van der Waals surface area contributed by atoms with Gasteiger partial charge in [0.1, 0.15) is 0 Å². The summed E-state index contributed by atoms with van der Waals surface area (Å²) in [7, 11) is 0. The van der Waals surface area contributed by atoms with Crippen molar-refractivity contribution in [1.29, 1.82) is 0 Å². The lowest BCUT2D eigenvalue weighted by Gasteiger charge is -2.47. The quantitative estimate of drug-likeness (QED) is 0.825. The first-order valence-electron chi connectivity index (χ1n) is 7.97. The number of hydrogen-bond donors (Lipinski definition) is 2. The van der Waals surface area contributed by atoms with Gasteiger partial charge in [-0.15, -0.1) is 0 Å². The third-order valence-corrected chi connectivity index (χ3v) is 4.84. The van der Waals surface area contributed by atoms with E-state index in [1.165, 1.54) is 6.42 Å². The van der Waals surface area contributed by atoms with E-state index in [9.17, 15) is 4.79 Å². The zero-order chi connectivity index (χ0) is 14.6. The second-order valence-corrected chi connectivity index (χ2v) is 6.38. The second kappa shape index (κ2) is 6.76. The van der Waals surface area contributed by atoms with Gasteiger partial charge in [-0.05, 0) is 32.1 Å². The van der Waals surface area contributed by atoms with Crippen LogP contribution in [0.5, 0.6) is 0 Å². The lowest BCUT2D eigenvalue weighted by atomic mass is 9.75. The van der Waals surface area contributed by atoms with E-state index in [-0.39, 0.29) is 17.6 Å². The van der Waals surface area contributed by atoms with Crippen molar-refractivity contribution in [3.8, 4) is 0 Å². The van der Waals surface area contributed by atoms with Crippen molar-refractivity contribution in [3.63, 3.8) is 0 Å². The molecular formula is C15H29N3O2. The molecule has 2 fully saturated rings. The Morgan fingerprint density at radius 1 is 1.50 bits per heavy atom. The molecule has 5 heteroatoms. The van der Waals surface area contributed by atoms with E-state index < -0.39 is 0 Å². The predicted octanol–water partition coefficient (Wildman–Crippen LogP) is 1.71. The number of carbonyl (C=O) groups excluding carboxylic acids is 1. The summed E-state index contributed by atoms with van der Waals surface area (Å²) in [6.07, 6.45) is 5.36. The Balaban J connectivity index is 2.05. The van der Waals surface area contributed by atoms with Crippen LogP contribution in [0.15, 0.2) is 0 Å². The van der Waals surface area contributed by atoms with Gasteiger partial charge in [-0.1, -0.05) is 19.8 Å². The van der Waals surface area contributed by atoms with Crippen LogP contribution in [-0.4, -0.2) is 48.8 Å². The zero-order valence-electron chi connectivity index (χ0n) is 12.9. The number of hydrogen-bond acceptors (Lipinski definition) is 3. The van der Waals surface area contributed by atoms with Gasteiger partial charge in [-0.3, -0.25) is 0 Å². The van der Waals surface area contributed by atoms with Crippen LogP contribution in [0.4, 0.5) is 4.79 Å². The molecule has 2 rings (SSSR count). The molecule has 0 spiro atoms. The van der Waals surface area contributed by atoms with E-state index >= 15 is 0 Å². The summed E-state index contributed by atoms with van der Waals surface area (Å²) in [5.74, 6) is 0.643. The van der Waals surface area contributed by atoms with E-state index in [1.54, 1.807) is 0 Å². The summed E-state index contributed by atoms with van der Waals surface area (Å²) < 4.78 is 5.33. The topological polar surface area (TPSA) is 67.6 Å². The first-order valence-corrected chi connectivity index (χ1v) is 7.97. The van der Waals surface area contributed by atoms with Gasteiger partial charge in [0.15, 0.2) is 0 Å². The standard InChI is InChI=1S/C15H29N3O2/c1-3-18(14(19)17-13-6-8-20-10-13)15(11-16)7-4-5-12(2)9-15/h12-13H,3-11,16H2,1-2H3,(H,17,19). The number of carbonyl (C=O) groups is 1. The monoisotopic (exact) mass is 283 g/mol. The summed E-state index contributed by atoms with van der Waals surface area (Å²) in [4.78, 5) is 14.6. The Morgan fingerprint density at radius 3 is 2.85 bits per heavy atom. The van der Waals surface area contributed by atoms with Gasteiger partial charge in [0.25, 0.3) is 0 Å². The van der Waals surface area contributed by atoms with Gasteiger partial charge in [0, 0.05) is 19.7 Å². The summed E-state index contributed by atoms with van der Waals surface area (Å²) in [6, 6.07) is 0.190. The van der Waals surface area contributed by atoms with Gasteiger partial charge < -0.3 is 20.7 Å². The number of ether oxygens (including phenoxy) is 1. The van der Waals surface area contributed by atoms with Crippen molar-refractivity contribution in [2.24, 2.45) is 11.7 Å². The number of amides is 2. The minimum atomic E-state index is -0.157. The van der Waals surface area contributed by atoms with Crippen LogP contribution >= 0.6 is 0 Å². The molecular weight excluding hydrogens is 254 g/mol. The molecule has 1 saturated heterocycles. The largest absolute Gasteiger partial charge is 0.379 e. The van der Waals surface area contributed by atoms with E-state index in [0.29, 0.717) is 25.6 Å². The molecule has 0 aromatic rings. The number of nitrogens with two attached hydrogens (primary N) is 1. The summed E-state index contributed by atoms with van der Waals surface area (Å²) >= 11 is 0. The smallest absolute Gasteiger partial charge is 0.318 e. The highest BCUT2D eigenvalue weighted by Crippen LogP contribution is 2.36. The van der Waals surface area contributed by atoms with Crippen LogP contribution in [0.1, 0.15) is 46.0 Å². The van der Waals surface area contributed by atoms with Gasteiger partial charge in [0.2, 0.25) is 0 Å². The molecule has 5 nitrogen and oxygen atoms in total. The summed E-state index contributed by atoms with van der Waals surface area (Å²) in [6.45, 7) is 6.95. The maximum Gasteiger partial charge on any atom is 0.318 e. The molecule has 1 aliphatic heterocycles. The van der Waals surface area contributed by atoms with E-state index in [4.69, 9.17) is 10.5 Å². The molecule has 0 radical (unpaired) electrons. The van der Waals surface area contributed by atoms with Crippen LogP contribution in [0.25, 0.3) is 0 Å². The third-order valence-electron chi connectivity index (χ3n) is 4.84. The molecule has 3 unspecified atom stereocenters. The highest BCUT2D eigenvalue weighted by atomic mass is 16.5. The number of nitrogens with zero attached hydrogens (tertiary/aromatic N) is 1. The SMILES string of the molecule is CCN(C(=O)NC1CCOC1)C1(CN)CCCC(C)C1. The predicted molar refractivity (Wildman–Crippen MR) is 79.6 cm³/mol.